The van der Waals surface area contributed by atoms with Crippen molar-refractivity contribution in [3.05, 3.63) is 30.3 Å². The molecule has 0 aliphatic rings. The van der Waals surface area contributed by atoms with Gasteiger partial charge in [-0.2, -0.15) is 0 Å². The second kappa shape index (κ2) is 3.73. The van der Waals surface area contributed by atoms with E-state index in [1.54, 1.807) is 0 Å². The Kier molecular flexibility index (Phi) is 3.22. The minimum atomic E-state index is -1.92. The third-order valence-electron chi connectivity index (χ3n) is 1.95. The Hall–Kier alpha value is 0.160. The Morgan fingerprint density at radius 3 is 2.00 bits per heavy atom. The molecule has 0 unspecified atom stereocenters. The van der Waals surface area contributed by atoms with Gasteiger partial charge in [-0.05, 0) is 5.30 Å². The van der Waals surface area contributed by atoms with Gasteiger partial charge in [-0.3, -0.25) is 0 Å². The van der Waals surface area contributed by atoms with Crippen LogP contribution in [-0.2, 0) is 11.8 Å². The second-order valence-electron chi connectivity index (χ2n) is 4.04. The smallest absolute Gasteiger partial charge is 0.0708 e. The van der Waals surface area contributed by atoms with E-state index in [-0.39, 0.29) is 5.16 Å². The van der Waals surface area contributed by atoms with Gasteiger partial charge >= 0.3 is 0 Å². The summed E-state index contributed by atoms with van der Waals surface area (Å²) in [6, 6.07) is 10.0. The van der Waals surface area contributed by atoms with Crippen molar-refractivity contribution in [1.82, 2.24) is 0 Å². The van der Waals surface area contributed by atoms with Crippen molar-refractivity contribution in [3.63, 3.8) is 0 Å². The van der Waals surface area contributed by atoms with E-state index in [4.69, 9.17) is 23.0 Å². The van der Waals surface area contributed by atoms with Crippen LogP contribution in [-0.4, -0.2) is 5.16 Å². The van der Waals surface area contributed by atoms with Gasteiger partial charge in [-0.15, -0.1) is 0 Å². The molecule has 72 valence electrons. The molecular weight excluding hydrogens is 219 g/mol. The van der Waals surface area contributed by atoms with Crippen LogP contribution in [0.3, 0.4) is 0 Å². The summed E-state index contributed by atoms with van der Waals surface area (Å²) in [4.78, 5) is 0. The van der Waals surface area contributed by atoms with E-state index in [9.17, 15) is 0 Å². The van der Waals surface area contributed by atoms with Crippen LogP contribution in [0.25, 0.3) is 0 Å². The van der Waals surface area contributed by atoms with Crippen LogP contribution in [0, 0.1) is 0 Å². The molecule has 0 fully saturated rings. The molecular formula is C10H14ClPS. The lowest BCUT2D eigenvalue weighted by atomic mass is 10.3. The molecule has 0 spiro atoms. The summed E-state index contributed by atoms with van der Waals surface area (Å²) in [5.74, 6) is 0. The molecule has 0 N–H and O–H groups in total. The maximum absolute atomic E-state index is 6.46. The largest absolute Gasteiger partial charge is 0.0800 e. The SMILES string of the molecule is CC(C)(C)[P@@](=S)(Cl)c1ccccc1. The number of benzene rings is 1. The molecule has 0 heterocycles. The van der Waals surface area contributed by atoms with Gasteiger partial charge < -0.3 is 0 Å². The number of halogens is 1. The molecule has 3 heteroatoms. The van der Waals surface area contributed by atoms with Crippen LogP contribution in [0.1, 0.15) is 20.8 Å². The minimum absolute atomic E-state index is 0.00869. The van der Waals surface area contributed by atoms with Gasteiger partial charge in [-0.1, -0.05) is 74.2 Å². The first-order chi connectivity index (χ1) is 5.86. The Balaban J connectivity index is 3.17. The van der Waals surface area contributed by atoms with Gasteiger partial charge in [0.1, 0.15) is 0 Å². The lowest BCUT2D eigenvalue weighted by Gasteiger charge is -2.29. The summed E-state index contributed by atoms with van der Waals surface area (Å²) < 4.78 is 0. The number of rotatable bonds is 1. The zero-order valence-corrected chi connectivity index (χ0v) is 10.6. The Morgan fingerprint density at radius 2 is 1.62 bits per heavy atom. The second-order valence-corrected chi connectivity index (χ2v) is 10.7. The summed E-state index contributed by atoms with van der Waals surface area (Å²) >= 11 is 12.0. The van der Waals surface area contributed by atoms with Gasteiger partial charge in [0.2, 0.25) is 0 Å². The van der Waals surface area contributed by atoms with Crippen LogP contribution < -0.4 is 5.30 Å². The molecule has 0 saturated carbocycles. The van der Waals surface area contributed by atoms with Gasteiger partial charge in [0, 0.05) is 5.16 Å². The van der Waals surface area contributed by atoms with Crippen molar-refractivity contribution >= 4 is 33.7 Å². The van der Waals surface area contributed by atoms with Crippen molar-refractivity contribution in [2.75, 3.05) is 0 Å². The molecule has 1 aromatic carbocycles. The van der Waals surface area contributed by atoms with Crippen LogP contribution in [0.4, 0.5) is 0 Å². The maximum atomic E-state index is 6.46. The molecule has 0 aromatic heterocycles. The first-order valence-corrected chi connectivity index (χ1v) is 7.92. The van der Waals surface area contributed by atoms with Crippen molar-refractivity contribution in [1.29, 1.82) is 0 Å². The highest BCUT2D eigenvalue weighted by molar-refractivity contribution is 8.31. The summed E-state index contributed by atoms with van der Waals surface area (Å²) in [5.41, 5.74) is 0. The molecule has 0 nitrogen and oxygen atoms in total. The highest BCUT2D eigenvalue weighted by Crippen LogP contribution is 2.61. The minimum Gasteiger partial charge on any atom is -0.0800 e. The van der Waals surface area contributed by atoms with Crippen molar-refractivity contribution < 1.29 is 0 Å². The number of hydrogen-bond donors (Lipinski definition) is 0. The van der Waals surface area contributed by atoms with E-state index in [2.05, 4.69) is 20.8 Å². The van der Waals surface area contributed by atoms with Crippen molar-refractivity contribution in [2.45, 2.75) is 25.9 Å². The van der Waals surface area contributed by atoms with E-state index in [0.717, 1.165) is 5.30 Å². The van der Waals surface area contributed by atoms with E-state index >= 15 is 0 Å². The maximum Gasteiger partial charge on any atom is 0.0708 e. The molecule has 0 aliphatic heterocycles. The first kappa shape index (κ1) is 11.2. The Morgan fingerprint density at radius 1 is 1.15 bits per heavy atom. The van der Waals surface area contributed by atoms with Crippen LogP contribution in [0.2, 0.25) is 0 Å². The molecule has 0 aliphatic carbocycles. The normalized spacial score (nSPS) is 16.6. The van der Waals surface area contributed by atoms with Gasteiger partial charge in [0.25, 0.3) is 0 Å². The fraction of sp³-hybridized carbons (Fsp3) is 0.400. The summed E-state index contributed by atoms with van der Waals surface area (Å²) in [5, 5.41) is -0.822. The van der Waals surface area contributed by atoms with Gasteiger partial charge in [-0.25, -0.2) is 0 Å². The van der Waals surface area contributed by atoms with Crippen molar-refractivity contribution in [3.8, 4) is 0 Å². The molecule has 0 saturated heterocycles. The topological polar surface area (TPSA) is 0 Å². The summed E-state index contributed by atoms with van der Waals surface area (Å²) in [6.45, 7) is 6.31. The van der Waals surface area contributed by atoms with Crippen molar-refractivity contribution in [2.24, 2.45) is 0 Å². The van der Waals surface area contributed by atoms with E-state index in [1.165, 1.54) is 0 Å². The molecule has 1 atom stereocenters. The van der Waals surface area contributed by atoms with E-state index in [1.807, 2.05) is 30.3 Å². The molecule has 1 aromatic rings. The molecule has 0 amide bonds. The van der Waals surface area contributed by atoms with E-state index in [0.29, 0.717) is 0 Å². The Bertz CT molecular complexity index is 327. The zero-order valence-electron chi connectivity index (χ0n) is 8.12. The van der Waals surface area contributed by atoms with Crippen LogP contribution in [0.5, 0.6) is 0 Å². The molecule has 0 radical (unpaired) electrons. The highest BCUT2D eigenvalue weighted by atomic mass is 35.7. The quantitative estimate of drug-likeness (QED) is 0.665. The summed E-state index contributed by atoms with van der Waals surface area (Å²) in [6.07, 6.45) is 0. The van der Waals surface area contributed by atoms with E-state index < -0.39 is 5.39 Å². The lowest BCUT2D eigenvalue weighted by Crippen LogP contribution is -2.19. The average molecular weight is 233 g/mol. The predicted octanol–water partition coefficient (Wildman–Crippen LogP) is 3.74. The highest BCUT2D eigenvalue weighted by Gasteiger charge is 2.31. The molecule has 0 bridgehead atoms. The first-order valence-electron chi connectivity index (χ1n) is 4.21. The number of hydrogen-bond acceptors (Lipinski definition) is 1. The predicted molar refractivity (Wildman–Crippen MR) is 66.0 cm³/mol. The monoisotopic (exact) mass is 232 g/mol. The third kappa shape index (κ3) is 2.34. The molecule has 1 rings (SSSR count). The summed E-state index contributed by atoms with van der Waals surface area (Å²) in [7, 11) is 0. The Labute approximate surface area is 90.1 Å². The fourth-order valence-corrected chi connectivity index (χ4v) is 3.04. The third-order valence-corrected chi connectivity index (χ3v) is 9.02. The van der Waals surface area contributed by atoms with Crippen LogP contribution in [0.15, 0.2) is 30.3 Å². The zero-order chi connectivity index (χ0) is 10.1. The molecule has 13 heavy (non-hydrogen) atoms. The lowest BCUT2D eigenvalue weighted by molar-refractivity contribution is 0.795. The van der Waals surface area contributed by atoms with Gasteiger partial charge in [0.05, 0.1) is 5.39 Å². The van der Waals surface area contributed by atoms with Gasteiger partial charge in [0.15, 0.2) is 0 Å². The standard InChI is InChI=1S/C10H14ClPS/c1-10(2,3)12(11,13)9-7-5-4-6-8-9/h4-8H,1-3H3/t12-/m1/s1. The fourth-order valence-electron chi connectivity index (χ4n) is 1.01. The average Bonchev–Trinajstić information content (AvgIpc) is 2.04. The van der Waals surface area contributed by atoms with Crippen LogP contribution >= 0.6 is 16.6 Å².